The third kappa shape index (κ3) is 7.78. The zero-order chi connectivity index (χ0) is 20.4. The van der Waals surface area contributed by atoms with E-state index in [4.69, 9.17) is 4.74 Å². The highest BCUT2D eigenvalue weighted by atomic mass is 32.2. The van der Waals surface area contributed by atoms with Crippen molar-refractivity contribution >= 4 is 39.4 Å². The molecule has 1 aromatic rings. The fourth-order valence-corrected chi connectivity index (χ4v) is 4.33. The Morgan fingerprint density at radius 1 is 0.963 bits per heavy atom. The van der Waals surface area contributed by atoms with Gasteiger partial charge in [0.25, 0.3) is 0 Å². The van der Waals surface area contributed by atoms with Crippen LogP contribution in [0.4, 0.5) is 5.69 Å². The van der Waals surface area contributed by atoms with E-state index in [1.54, 1.807) is 7.11 Å². The molecule has 1 aromatic carbocycles. The van der Waals surface area contributed by atoms with E-state index in [0.29, 0.717) is 0 Å². The van der Waals surface area contributed by atoms with Gasteiger partial charge in [0.1, 0.15) is 5.75 Å². The zero-order valence-corrected chi connectivity index (χ0v) is 18.9. The highest BCUT2D eigenvalue weighted by Gasteiger charge is 2.29. The highest BCUT2D eigenvalue weighted by molar-refractivity contribution is 8.13. The summed E-state index contributed by atoms with van der Waals surface area (Å²) in [5.41, 5.74) is 0.955. The molecule has 1 rings (SSSR count). The van der Waals surface area contributed by atoms with Gasteiger partial charge in [-0.3, -0.25) is 9.59 Å². The molecule has 4 unspecified atom stereocenters. The minimum atomic E-state index is -0.138. The Morgan fingerprint density at radius 3 is 1.96 bits per heavy atom. The van der Waals surface area contributed by atoms with E-state index in [9.17, 15) is 9.59 Å². The number of ether oxygens (including phenoxy) is 1. The number of anilines is 1. The highest BCUT2D eigenvalue weighted by Crippen LogP contribution is 2.29. The van der Waals surface area contributed by atoms with Gasteiger partial charge in [0, 0.05) is 23.6 Å². The minimum absolute atomic E-state index is 0.0261. The first kappa shape index (κ1) is 23.9. The van der Waals surface area contributed by atoms with Gasteiger partial charge in [-0.1, -0.05) is 58.1 Å². The molecule has 0 heterocycles. The lowest BCUT2D eigenvalue weighted by atomic mass is 9.86. The van der Waals surface area contributed by atoms with Crippen molar-refractivity contribution < 1.29 is 14.3 Å². The maximum absolute atomic E-state index is 12.5. The first-order chi connectivity index (χ1) is 12.8. The number of methoxy groups -OCH3 is 1. The molecular weight excluding hydrogens is 378 g/mol. The van der Waals surface area contributed by atoms with Gasteiger partial charge in [-0.25, -0.2) is 0 Å². The summed E-state index contributed by atoms with van der Waals surface area (Å²) in [5, 5.41) is 3.94. The van der Waals surface area contributed by atoms with Crippen LogP contribution in [0.2, 0.25) is 0 Å². The SMILES string of the molecule is CCSC(=O)C(C)C(C)CC(Nc1ccc(OC)cc1)C(C)C(=O)SCC. The van der Waals surface area contributed by atoms with Gasteiger partial charge < -0.3 is 10.1 Å². The second-order valence-corrected chi connectivity index (χ2v) is 9.31. The number of carbonyl (C=O) groups is 2. The van der Waals surface area contributed by atoms with Gasteiger partial charge in [-0.05, 0) is 48.1 Å². The summed E-state index contributed by atoms with van der Waals surface area (Å²) in [4.78, 5) is 24.8. The smallest absolute Gasteiger partial charge is 0.193 e. The van der Waals surface area contributed by atoms with Crippen LogP contribution in [0.3, 0.4) is 0 Å². The molecule has 0 aliphatic rings. The van der Waals surface area contributed by atoms with Crippen molar-refractivity contribution in [3.8, 4) is 5.75 Å². The molecule has 0 radical (unpaired) electrons. The van der Waals surface area contributed by atoms with E-state index in [2.05, 4.69) is 12.2 Å². The van der Waals surface area contributed by atoms with E-state index in [-0.39, 0.29) is 34.0 Å². The summed E-state index contributed by atoms with van der Waals surface area (Å²) >= 11 is 2.75. The number of hydrogen-bond donors (Lipinski definition) is 1. The average molecular weight is 412 g/mol. The van der Waals surface area contributed by atoms with E-state index in [1.807, 2.05) is 52.0 Å². The second-order valence-electron chi connectivity index (χ2n) is 6.77. The van der Waals surface area contributed by atoms with Crippen molar-refractivity contribution in [2.45, 2.75) is 47.1 Å². The summed E-state index contributed by atoms with van der Waals surface area (Å²) in [5.74, 6) is 2.39. The number of rotatable bonds is 11. The summed E-state index contributed by atoms with van der Waals surface area (Å²) in [6.45, 7) is 10.1. The number of thioether (sulfide) groups is 2. The van der Waals surface area contributed by atoms with Crippen LogP contribution in [0, 0.1) is 17.8 Å². The van der Waals surface area contributed by atoms with Crippen molar-refractivity contribution in [2.75, 3.05) is 23.9 Å². The van der Waals surface area contributed by atoms with Crippen molar-refractivity contribution in [3.05, 3.63) is 24.3 Å². The molecule has 0 fully saturated rings. The van der Waals surface area contributed by atoms with Crippen molar-refractivity contribution in [1.82, 2.24) is 0 Å². The van der Waals surface area contributed by atoms with E-state index in [1.165, 1.54) is 23.5 Å². The summed E-state index contributed by atoms with van der Waals surface area (Å²) < 4.78 is 5.21. The molecule has 6 heteroatoms. The van der Waals surface area contributed by atoms with Gasteiger partial charge >= 0.3 is 0 Å². The van der Waals surface area contributed by atoms with Crippen LogP contribution in [-0.4, -0.2) is 34.9 Å². The minimum Gasteiger partial charge on any atom is -0.497 e. The Morgan fingerprint density at radius 2 is 1.48 bits per heavy atom. The largest absolute Gasteiger partial charge is 0.497 e. The van der Waals surface area contributed by atoms with Crippen LogP contribution in [0.25, 0.3) is 0 Å². The predicted molar refractivity (Wildman–Crippen MR) is 119 cm³/mol. The molecule has 0 aromatic heterocycles. The number of hydrogen-bond acceptors (Lipinski definition) is 6. The third-order valence-electron chi connectivity index (χ3n) is 4.84. The van der Waals surface area contributed by atoms with Gasteiger partial charge in [0.2, 0.25) is 0 Å². The van der Waals surface area contributed by atoms with Gasteiger partial charge in [-0.2, -0.15) is 0 Å². The fraction of sp³-hybridized carbons (Fsp3) is 0.619. The second kappa shape index (κ2) is 12.3. The van der Waals surface area contributed by atoms with Crippen LogP contribution in [0.1, 0.15) is 41.0 Å². The van der Waals surface area contributed by atoms with Gasteiger partial charge in [0.15, 0.2) is 10.2 Å². The van der Waals surface area contributed by atoms with E-state index in [0.717, 1.165) is 29.4 Å². The standard InChI is InChI=1S/C21H33NO3S2/c1-7-26-20(23)15(4)14(3)13-19(16(5)21(24)27-8-2)22-17-9-11-18(25-6)12-10-17/h9-12,14-16,19,22H,7-8,13H2,1-6H3. The Balaban J connectivity index is 2.92. The lowest BCUT2D eigenvalue weighted by Gasteiger charge is -2.29. The van der Waals surface area contributed by atoms with Crippen LogP contribution < -0.4 is 10.1 Å². The van der Waals surface area contributed by atoms with Crippen LogP contribution in [0.5, 0.6) is 5.75 Å². The molecule has 0 spiro atoms. The average Bonchev–Trinajstić information content (AvgIpc) is 2.67. The lowest BCUT2D eigenvalue weighted by molar-refractivity contribution is -0.115. The Kier molecular flexibility index (Phi) is 10.9. The number of benzene rings is 1. The van der Waals surface area contributed by atoms with Crippen molar-refractivity contribution in [1.29, 1.82) is 0 Å². The molecule has 0 saturated carbocycles. The Bertz CT molecular complexity index is 592. The van der Waals surface area contributed by atoms with E-state index < -0.39 is 0 Å². The zero-order valence-electron chi connectivity index (χ0n) is 17.3. The molecule has 0 amide bonds. The molecule has 0 aliphatic carbocycles. The third-order valence-corrected chi connectivity index (χ3v) is 6.73. The van der Waals surface area contributed by atoms with Crippen LogP contribution in [-0.2, 0) is 9.59 Å². The molecule has 4 nitrogen and oxygen atoms in total. The molecule has 1 N–H and O–H groups in total. The quantitative estimate of drug-likeness (QED) is 0.531. The topological polar surface area (TPSA) is 55.4 Å². The first-order valence-electron chi connectivity index (χ1n) is 9.57. The van der Waals surface area contributed by atoms with Crippen molar-refractivity contribution in [2.24, 2.45) is 17.8 Å². The Hall–Kier alpha value is -1.14. The fourth-order valence-electron chi connectivity index (χ4n) is 2.84. The molecule has 27 heavy (non-hydrogen) atoms. The number of carbonyl (C=O) groups excluding carboxylic acids is 2. The first-order valence-corrected chi connectivity index (χ1v) is 11.5. The lowest BCUT2D eigenvalue weighted by Crippen LogP contribution is -2.35. The molecule has 0 bridgehead atoms. The molecular formula is C21H33NO3S2. The monoisotopic (exact) mass is 411 g/mol. The predicted octanol–water partition coefficient (Wildman–Crippen LogP) is 5.33. The number of nitrogens with one attached hydrogen (secondary N) is 1. The summed E-state index contributed by atoms with van der Waals surface area (Å²) in [6, 6.07) is 7.70. The molecule has 0 aliphatic heterocycles. The van der Waals surface area contributed by atoms with Gasteiger partial charge in [0.05, 0.1) is 7.11 Å². The van der Waals surface area contributed by atoms with Crippen LogP contribution in [0.15, 0.2) is 24.3 Å². The van der Waals surface area contributed by atoms with Gasteiger partial charge in [-0.15, -0.1) is 0 Å². The maximum Gasteiger partial charge on any atom is 0.193 e. The normalized spacial score (nSPS) is 15.5. The summed E-state index contributed by atoms with van der Waals surface area (Å²) in [6.07, 6.45) is 0.764. The van der Waals surface area contributed by atoms with E-state index >= 15 is 0 Å². The molecule has 0 saturated heterocycles. The molecule has 152 valence electrons. The maximum atomic E-state index is 12.5. The van der Waals surface area contributed by atoms with Crippen LogP contribution >= 0.6 is 23.5 Å². The summed E-state index contributed by atoms with van der Waals surface area (Å²) in [7, 11) is 1.64. The Labute approximate surface area is 172 Å². The van der Waals surface area contributed by atoms with Crippen molar-refractivity contribution in [3.63, 3.8) is 0 Å². The molecule has 4 atom stereocenters.